The molecule has 1 aromatic heterocycles. The number of carbonyl (C=O) groups excluding carboxylic acids is 1. The lowest BCUT2D eigenvalue weighted by Crippen LogP contribution is -2.35. The highest BCUT2D eigenvalue weighted by Crippen LogP contribution is 2.24. The number of unbranched alkanes of at least 4 members (excludes halogenated alkanes) is 2. The van der Waals surface area contributed by atoms with Crippen LogP contribution in [0.25, 0.3) is 0 Å². The number of esters is 1. The van der Waals surface area contributed by atoms with E-state index in [-0.39, 0.29) is 11.5 Å². The Bertz CT molecular complexity index is 2050. The predicted molar refractivity (Wildman–Crippen MR) is 256 cm³/mol. The SMILES string of the molecule is CCCCC(CC)COCc1ccc(Nc2nc(Nc3ccc(CNc4ccc(C(=O)OCC(CC)CCCC)cc4)cc3)nc(Nc3ccc(CNC(C)(C)C)cc3)n2)cc1. The van der Waals surface area contributed by atoms with Gasteiger partial charge in [0.15, 0.2) is 0 Å². The molecule has 0 bridgehead atoms. The number of carbonyl (C=O) groups is 1. The lowest BCUT2D eigenvalue weighted by molar-refractivity contribution is 0.0428. The summed E-state index contributed by atoms with van der Waals surface area (Å²) >= 11 is 0. The Morgan fingerprint density at radius 2 is 1.00 bits per heavy atom. The summed E-state index contributed by atoms with van der Waals surface area (Å²) in [5.74, 6) is 1.95. The molecule has 62 heavy (non-hydrogen) atoms. The van der Waals surface area contributed by atoms with Gasteiger partial charge in [0.25, 0.3) is 0 Å². The number of rotatable bonds is 26. The Morgan fingerprint density at radius 3 is 1.45 bits per heavy atom. The maximum Gasteiger partial charge on any atom is 0.338 e. The van der Waals surface area contributed by atoms with E-state index in [1.54, 1.807) is 0 Å². The first-order valence-corrected chi connectivity index (χ1v) is 22.7. The minimum atomic E-state index is -0.273. The lowest BCUT2D eigenvalue weighted by atomic mass is 10.0. The van der Waals surface area contributed by atoms with Crippen molar-refractivity contribution in [2.24, 2.45) is 11.8 Å². The maximum absolute atomic E-state index is 12.7. The zero-order valence-electron chi connectivity index (χ0n) is 38.2. The van der Waals surface area contributed by atoms with E-state index in [4.69, 9.17) is 24.4 Å². The first kappa shape index (κ1) is 47.5. The van der Waals surface area contributed by atoms with Crippen molar-refractivity contribution in [3.05, 3.63) is 119 Å². The van der Waals surface area contributed by atoms with Crippen LogP contribution in [-0.4, -0.2) is 39.7 Å². The van der Waals surface area contributed by atoms with Crippen molar-refractivity contribution in [3.63, 3.8) is 0 Å². The van der Waals surface area contributed by atoms with Crippen molar-refractivity contribution in [1.29, 1.82) is 0 Å². The Morgan fingerprint density at radius 1 is 0.565 bits per heavy atom. The van der Waals surface area contributed by atoms with Crippen molar-refractivity contribution in [2.45, 2.75) is 125 Å². The summed E-state index contributed by atoms with van der Waals surface area (Å²) in [4.78, 5) is 26.9. The average molecular weight is 843 g/mol. The molecule has 0 amide bonds. The summed E-state index contributed by atoms with van der Waals surface area (Å²) in [5.41, 5.74) is 7.47. The average Bonchev–Trinajstić information content (AvgIpc) is 3.27. The third-order valence-corrected chi connectivity index (χ3v) is 10.9. The molecule has 332 valence electrons. The Kier molecular flexibility index (Phi) is 19.0. The van der Waals surface area contributed by atoms with Crippen LogP contribution in [0.1, 0.15) is 127 Å². The fourth-order valence-corrected chi connectivity index (χ4v) is 6.74. The van der Waals surface area contributed by atoms with Crippen LogP contribution in [0.3, 0.4) is 0 Å². The second-order valence-corrected chi connectivity index (χ2v) is 17.3. The van der Waals surface area contributed by atoms with E-state index in [1.807, 2.05) is 60.7 Å². The summed E-state index contributed by atoms with van der Waals surface area (Å²) in [5, 5.41) is 17.1. The third kappa shape index (κ3) is 16.7. The number of nitrogens with zero attached hydrogens (tertiary/aromatic N) is 3. The smallest absolute Gasteiger partial charge is 0.338 e. The molecule has 0 aliphatic rings. The van der Waals surface area contributed by atoms with Crippen LogP contribution in [0.5, 0.6) is 0 Å². The van der Waals surface area contributed by atoms with Crippen LogP contribution in [0, 0.1) is 11.8 Å². The summed E-state index contributed by atoms with van der Waals surface area (Å²) < 4.78 is 11.7. The molecule has 5 N–H and O–H groups in total. The second kappa shape index (κ2) is 24.8. The van der Waals surface area contributed by atoms with Gasteiger partial charge in [-0.15, -0.1) is 0 Å². The van der Waals surface area contributed by atoms with Gasteiger partial charge in [-0.3, -0.25) is 0 Å². The molecule has 5 aromatic rings. The number of aromatic nitrogens is 3. The van der Waals surface area contributed by atoms with Gasteiger partial charge >= 0.3 is 5.97 Å². The molecule has 4 aromatic carbocycles. The summed E-state index contributed by atoms with van der Waals surface area (Å²) in [6.45, 7) is 18.5. The van der Waals surface area contributed by atoms with Gasteiger partial charge in [-0.2, -0.15) is 15.0 Å². The van der Waals surface area contributed by atoms with Gasteiger partial charge in [0, 0.05) is 48.0 Å². The molecule has 11 heteroatoms. The molecular formula is C51H70N8O3. The van der Waals surface area contributed by atoms with Crippen molar-refractivity contribution in [1.82, 2.24) is 20.3 Å². The maximum atomic E-state index is 12.7. The Hall–Kier alpha value is -5.52. The molecule has 2 atom stereocenters. The fraction of sp³-hybridized carbons (Fsp3) is 0.451. The third-order valence-electron chi connectivity index (χ3n) is 10.9. The van der Waals surface area contributed by atoms with E-state index < -0.39 is 0 Å². The molecule has 0 aliphatic carbocycles. The Balaban J connectivity index is 1.21. The molecule has 0 saturated heterocycles. The van der Waals surface area contributed by atoms with Crippen LogP contribution in [0.2, 0.25) is 0 Å². The van der Waals surface area contributed by atoms with Crippen LogP contribution in [-0.2, 0) is 29.2 Å². The molecule has 0 radical (unpaired) electrons. The largest absolute Gasteiger partial charge is 0.462 e. The predicted octanol–water partition coefficient (Wildman–Crippen LogP) is 12.7. The minimum absolute atomic E-state index is 0.0322. The quantitative estimate of drug-likeness (QED) is 0.0341. The summed E-state index contributed by atoms with van der Waals surface area (Å²) in [7, 11) is 0. The first-order chi connectivity index (χ1) is 30.0. The van der Waals surface area contributed by atoms with Crippen molar-refractivity contribution in [3.8, 4) is 0 Å². The minimum Gasteiger partial charge on any atom is -0.462 e. The van der Waals surface area contributed by atoms with Gasteiger partial charge in [-0.25, -0.2) is 4.79 Å². The fourth-order valence-electron chi connectivity index (χ4n) is 6.74. The van der Waals surface area contributed by atoms with Crippen molar-refractivity contribution < 1.29 is 14.3 Å². The second-order valence-electron chi connectivity index (χ2n) is 17.3. The number of anilines is 7. The van der Waals surface area contributed by atoms with E-state index in [0.717, 1.165) is 79.1 Å². The van der Waals surface area contributed by atoms with E-state index >= 15 is 0 Å². The zero-order chi connectivity index (χ0) is 44.2. The van der Waals surface area contributed by atoms with Gasteiger partial charge in [0.2, 0.25) is 17.8 Å². The van der Waals surface area contributed by atoms with Crippen LogP contribution in [0.15, 0.2) is 97.1 Å². The number of ether oxygens (including phenoxy) is 2. The lowest BCUT2D eigenvalue weighted by Gasteiger charge is -2.20. The summed E-state index contributed by atoms with van der Waals surface area (Å²) in [6, 6.07) is 32.0. The number of benzene rings is 4. The molecule has 11 nitrogen and oxygen atoms in total. The number of hydrogen-bond acceptors (Lipinski definition) is 11. The van der Waals surface area contributed by atoms with Crippen LogP contribution >= 0.6 is 0 Å². The molecule has 0 saturated carbocycles. The summed E-state index contributed by atoms with van der Waals surface area (Å²) in [6.07, 6.45) is 9.24. The van der Waals surface area contributed by atoms with Gasteiger partial charge in [0.1, 0.15) is 0 Å². The molecule has 1 heterocycles. The molecule has 0 fully saturated rings. The first-order valence-electron chi connectivity index (χ1n) is 22.7. The van der Waals surface area contributed by atoms with Crippen molar-refractivity contribution >= 4 is 46.6 Å². The highest BCUT2D eigenvalue weighted by molar-refractivity contribution is 5.89. The van der Waals surface area contributed by atoms with Gasteiger partial charge in [-0.1, -0.05) is 103 Å². The van der Waals surface area contributed by atoms with Gasteiger partial charge in [0.05, 0.1) is 18.8 Å². The van der Waals surface area contributed by atoms with E-state index in [0.29, 0.717) is 55.0 Å². The monoisotopic (exact) mass is 843 g/mol. The number of hydrogen-bond donors (Lipinski definition) is 5. The van der Waals surface area contributed by atoms with E-state index in [2.05, 4.69) is 111 Å². The zero-order valence-corrected chi connectivity index (χ0v) is 38.2. The standard InChI is InChI=1S/C51H70N8O3/c1-8-12-14-37(10-3)34-61-35-41-20-28-46(29-21-41)56-50-58-48(57-49(59-50)55-45-26-18-40(19-27-45)33-53-51(5,6)7)54-44-24-16-39(17-25-44)32-52-43-30-22-42(23-31-43)47(60)62-36-38(11-4)15-13-9-2/h16-31,37-38,52-53H,8-15,32-36H2,1-7H3,(H3,54,55,56,57,58,59). The van der Waals surface area contributed by atoms with Crippen LogP contribution < -0.4 is 26.6 Å². The van der Waals surface area contributed by atoms with E-state index in [9.17, 15) is 4.79 Å². The van der Waals surface area contributed by atoms with E-state index in [1.165, 1.54) is 24.8 Å². The van der Waals surface area contributed by atoms with Crippen molar-refractivity contribution in [2.75, 3.05) is 34.5 Å². The highest BCUT2D eigenvalue weighted by atomic mass is 16.5. The highest BCUT2D eigenvalue weighted by Gasteiger charge is 2.14. The van der Waals surface area contributed by atoms with Gasteiger partial charge in [-0.05, 0) is 123 Å². The molecular weight excluding hydrogens is 773 g/mol. The number of nitrogens with one attached hydrogen (secondary N) is 5. The molecule has 0 spiro atoms. The molecule has 2 unspecified atom stereocenters. The molecule has 5 rings (SSSR count). The Labute approximate surface area is 370 Å². The topological polar surface area (TPSA) is 134 Å². The van der Waals surface area contributed by atoms with Crippen LogP contribution in [0.4, 0.5) is 40.6 Å². The normalized spacial score (nSPS) is 12.4. The van der Waals surface area contributed by atoms with Gasteiger partial charge < -0.3 is 36.1 Å². The molecule has 0 aliphatic heterocycles.